The third kappa shape index (κ3) is 4.07. The van der Waals surface area contributed by atoms with Gasteiger partial charge in [-0.2, -0.15) is 0 Å². The molecule has 0 saturated heterocycles. The van der Waals surface area contributed by atoms with E-state index in [1.807, 2.05) is 30.3 Å². The van der Waals surface area contributed by atoms with E-state index in [2.05, 4.69) is 9.71 Å². The molecule has 23 heavy (non-hydrogen) atoms. The van der Waals surface area contributed by atoms with E-state index in [1.54, 1.807) is 30.5 Å². The SMILES string of the molecule is O=S(=O)(Cc1ccc(Cl)cc1)NCc1ccnc2ccccc12. The molecule has 6 heteroatoms. The minimum Gasteiger partial charge on any atom is -0.256 e. The van der Waals surface area contributed by atoms with Crippen molar-refractivity contribution in [3.63, 3.8) is 0 Å². The second-order valence-corrected chi connectivity index (χ2v) is 7.44. The maximum Gasteiger partial charge on any atom is 0.216 e. The van der Waals surface area contributed by atoms with Crippen molar-refractivity contribution in [3.05, 3.63) is 76.9 Å². The third-order valence-electron chi connectivity index (χ3n) is 3.49. The van der Waals surface area contributed by atoms with Crippen molar-refractivity contribution in [2.75, 3.05) is 0 Å². The highest BCUT2D eigenvalue weighted by Crippen LogP contribution is 2.17. The average Bonchev–Trinajstić information content (AvgIpc) is 2.55. The van der Waals surface area contributed by atoms with Gasteiger partial charge in [0.15, 0.2) is 0 Å². The van der Waals surface area contributed by atoms with E-state index >= 15 is 0 Å². The van der Waals surface area contributed by atoms with E-state index in [4.69, 9.17) is 11.6 Å². The number of pyridine rings is 1. The van der Waals surface area contributed by atoms with Crippen molar-refractivity contribution < 1.29 is 8.42 Å². The summed E-state index contributed by atoms with van der Waals surface area (Å²) in [6, 6.07) is 16.3. The van der Waals surface area contributed by atoms with Gasteiger partial charge in [0.2, 0.25) is 10.0 Å². The lowest BCUT2D eigenvalue weighted by Gasteiger charge is -2.09. The second-order valence-electron chi connectivity index (χ2n) is 5.19. The zero-order valence-corrected chi connectivity index (χ0v) is 13.8. The molecule has 1 heterocycles. The normalized spacial score (nSPS) is 11.7. The van der Waals surface area contributed by atoms with Crippen molar-refractivity contribution in [1.29, 1.82) is 0 Å². The van der Waals surface area contributed by atoms with Crippen LogP contribution in [0.15, 0.2) is 60.8 Å². The summed E-state index contributed by atoms with van der Waals surface area (Å²) in [5, 5.41) is 1.53. The molecule has 1 N–H and O–H groups in total. The van der Waals surface area contributed by atoms with E-state index in [0.717, 1.165) is 16.5 Å². The summed E-state index contributed by atoms with van der Waals surface area (Å²) in [4.78, 5) is 4.27. The van der Waals surface area contributed by atoms with Crippen molar-refractivity contribution in [2.45, 2.75) is 12.3 Å². The maximum atomic E-state index is 12.2. The molecule has 0 aliphatic heterocycles. The van der Waals surface area contributed by atoms with Crippen LogP contribution in [0.3, 0.4) is 0 Å². The fourth-order valence-corrected chi connectivity index (χ4v) is 3.58. The number of nitrogens with one attached hydrogen (secondary N) is 1. The molecular weight excluding hydrogens is 332 g/mol. The molecule has 0 amide bonds. The van der Waals surface area contributed by atoms with E-state index in [-0.39, 0.29) is 12.3 Å². The van der Waals surface area contributed by atoms with Crippen LogP contribution in [0.1, 0.15) is 11.1 Å². The lowest BCUT2D eigenvalue weighted by atomic mass is 10.1. The van der Waals surface area contributed by atoms with Gasteiger partial charge in [0.25, 0.3) is 0 Å². The molecule has 2 aromatic carbocycles. The second kappa shape index (κ2) is 6.66. The molecule has 0 fully saturated rings. The number of halogens is 1. The molecule has 3 aromatic rings. The molecule has 118 valence electrons. The van der Waals surface area contributed by atoms with Crippen molar-refractivity contribution in [1.82, 2.24) is 9.71 Å². The number of aromatic nitrogens is 1. The highest BCUT2D eigenvalue weighted by molar-refractivity contribution is 7.88. The van der Waals surface area contributed by atoms with E-state index in [1.165, 1.54) is 0 Å². The van der Waals surface area contributed by atoms with Crippen LogP contribution < -0.4 is 4.72 Å². The Kier molecular flexibility index (Phi) is 4.61. The van der Waals surface area contributed by atoms with Gasteiger partial charge in [-0.25, -0.2) is 13.1 Å². The van der Waals surface area contributed by atoms with E-state index in [9.17, 15) is 8.42 Å². The zero-order valence-electron chi connectivity index (χ0n) is 12.2. The van der Waals surface area contributed by atoms with Crippen LogP contribution in [0, 0.1) is 0 Å². The predicted molar refractivity (Wildman–Crippen MR) is 92.7 cm³/mol. The van der Waals surface area contributed by atoms with Gasteiger partial charge < -0.3 is 0 Å². The third-order valence-corrected chi connectivity index (χ3v) is 5.04. The Labute approximate surface area is 140 Å². The summed E-state index contributed by atoms with van der Waals surface area (Å²) in [6.07, 6.45) is 1.69. The first kappa shape index (κ1) is 15.9. The fraction of sp³-hybridized carbons (Fsp3) is 0.118. The molecule has 0 unspecified atom stereocenters. The summed E-state index contributed by atoms with van der Waals surface area (Å²) in [6.45, 7) is 0.235. The van der Waals surface area contributed by atoms with Gasteiger partial charge in [0, 0.05) is 23.2 Å². The van der Waals surface area contributed by atoms with E-state index in [0.29, 0.717) is 10.6 Å². The Morgan fingerprint density at radius 1 is 1.00 bits per heavy atom. The van der Waals surface area contributed by atoms with Gasteiger partial charge in [-0.05, 0) is 35.4 Å². The molecule has 4 nitrogen and oxygen atoms in total. The van der Waals surface area contributed by atoms with Crippen LogP contribution in [0.5, 0.6) is 0 Å². The molecule has 0 aliphatic rings. The lowest BCUT2D eigenvalue weighted by Crippen LogP contribution is -2.24. The minimum absolute atomic E-state index is 0.0762. The Morgan fingerprint density at radius 3 is 2.52 bits per heavy atom. The first-order valence-corrected chi connectivity index (χ1v) is 9.11. The molecule has 0 aliphatic carbocycles. The number of rotatable bonds is 5. The number of sulfonamides is 1. The van der Waals surface area contributed by atoms with Gasteiger partial charge in [-0.15, -0.1) is 0 Å². The van der Waals surface area contributed by atoms with Crippen LogP contribution in [-0.2, 0) is 22.3 Å². The topological polar surface area (TPSA) is 59.1 Å². The number of hydrogen-bond acceptors (Lipinski definition) is 3. The summed E-state index contributed by atoms with van der Waals surface area (Å²) >= 11 is 5.81. The number of hydrogen-bond donors (Lipinski definition) is 1. The van der Waals surface area contributed by atoms with Crippen LogP contribution in [0.25, 0.3) is 10.9 Å². The van der Waals surface area contributed by atoms with Crippen molar-refractivity contribution in [3.8, 4) is 0 Å². The van der Waals surface area contributed by atoms with Crippen LogP contribution in [0.2, 0.25) is 5.02 Å². The molecule has 0 bridgehead atoms. The lowest BCUT2D eigenvalue weighted by molar-refractivity contribution is 0.580. The molecular formula is C17H15ClN2O2S. The fourth-order valence-electron chi connectivity index (χ4n) is 2.35. The first-order chi connectivity index (χ1) is 11.0. The molecule has 0 saturated carbocycles. The summed E-state index contributed by atoms with van der Waals surface area (Å²) in [5.74, 6) is -0.0762. The zero-order chi connectivity index (χ0) is 16.3. The standard InChI is InChI=1S/C17H15ClN2O2S/c18-15-7-5-13(6-8-15)12-23(21,22)20-11-14-9-10-19-17-4-2-1-3-16(14)17/h1-10,20H,11-12H2. The number of para-hydroxylation sites is 1. The highest BCUT2D eigenvalue weighted by Gasteiger charge is 2.12. The highest BCUT2D eigenvalue weighted by atomic mass is 35.5. The average molecular weight is 347 g/mol. The number of benzene rings is 2. The summed E-state index contributed by atoms with van der Waals surface area (Å²) in [7, 11) is -3.43. The summed E-state index contributed by atoms with van der Waals surface area (Å²) in [5.41, 5.74) is 2.44. The summed E-state index contributed by atoms with van der Waals surface area (Å²) < 4.78 is 27.1. The van der Waals surface area contributed by atoms with Gasteiger partial charge in [0.05, 0.1) is 11.3 Å². The quantitative estimate of drug-likeness (QED) is 0.769. The van der Waals surface area contributed by atoms with Gasteiger partial charge in [-0.3, -0.25) is 4.98 Å². The monoisotopic (exact) mass is 346 g/mol. The molecule has 1 aromatic heterocycles. The first-order valence-electron chi connectivity index (χ1n) is 7.08. The van der Waals surface area contributed by atoms with Gasteiger partial charge in [-0.1, -0.05) is 41.9 Å². The minimum atomic E-state index is -3.43. The number of fused-ring (bicyclic) bond motifs is 1. The Hall–Kier alpha value is -1.95. The number of nitrogens with zero attached hydrogens (tertiary/aromatic N) is 1. The Balaban J connectivity index is 1.74. The molecule has 0 radical (unpaired) electrons. The molecule has 0 spiro atoms. The maximum absolute atomic E-state index is 12.2. The smallest absolute Gasteiger partial charge is 0.216 e. The Morgan fingerprint density at radius 2 is 1.74 bits per heavy atom. The molecule has 3 rings (SSSR count). The van der Waals surface area contributed by atoms with Crippen LogP contribution >= 0.6 is 11.6 Å². The predicted octanol–water partition coefficient (Wildman–Crippen LogP) is 3.51. The van der Waals surface area contributed by atoms with E-state index < -0.39 is 10.0 Å². The van der Waals surface area contributed by atoms with Crippen molar-refractivity contribution in [2.24, 2.45) is 0 Å². The van der Waals surface area contributed by atoms with Gasteiger partial charge in [0.1, 0.15) is 0 Å². The van der Waals surface area contributed by atoms with Crippen LogP contribution in [0.4, 0.5) is 0 Å². The van der Waals surface area contributed by atoms with Crippen molar-refractivity contribution >= 4 is 32.5 Å². The van der Waals surface area contributed by atoms with Gasteiger partial charge >= 0.3 is 0 Å². The Bertz CT molecular complexity index is 919. The molecule has 0 atom stereocenters. The van der Waals surface area contributed by atoms with Crippen LogP contribution in [-0.4, -0.2) is 13.4 Å². The largest absolute Gasteiger partial charge is 0.256 e.